The summed E-state index contributed by atoms with van der Waals surface area (Å²) in [5.74, 6) is -0.0931. The first kappa shape index (κ1) is 21.0. The van der Waals surface area contributed by atoms with E-state index < -0.39 is 0 Å². The molecule has 1 N–H and O–H groups in total. The van der Waals surface area contributed by atoms with Gasteiger partial charge < -0.3 is 19.7 Å². The SMILES string of the molecule is CCOC(=O)c1ccc(N2CN=c3s/c(=C4\C(=O)Nc5ccc(OC)cc54)c(=O)n3C2)cc1. The van der Waals surface area contributed by atoms with Crippen molar-refractivity contribution in [2.45, 2.75) is 13.6 Å². The Balaban J connectivity index is 1.51. The molecule has 168 valence electrons. The van der Waals surface area contributed by atoms with Gasteiger partial charge in [-0.15, -0.1) is 0 Å². The second-order valence-electron chi connectivity index (χ2n) is 7.44. The monoisotopic (exact) mass is 464 g/mol. The second-order valence-corrected chi connectivity index (χ2v) is 8.41. The Morgan fingerprint density at radius 1 is 1.18 bits per heavy atom. The summed E-state index contributed by atoms with van der Waals surface area (Å²) in [6.45, 7) is 2.71. The maximum absolute atomic E-state index is 13.3. The first-order valence-electron chi connectivity index (χ1n) is 10.3. The lowest BCUT2D eigenvalue weighted by Crippen LogP contribution is -2.43. The molecule has 1 aromatic heterocycles. The molecular formula is C23H20N4O5S. The molecule has 5 rings (SSSR count). The lowest BCUT2D eigenvalue weighted by Gasteiger charge is -2.25. The van der Waals surface area contributed by atoms with Crippen molar-refractivity contribution in [1.29, 1.82) is 0 Å². The van der Waals surface area contributed by atoms with E-state index >= 15 is 0 Å². The summed E-state index contributed by atoms with van der Waals surface area (Å²) in [6.07, 6.45) is 0. The highest BCUT2D eigenvalue weighted by atomic mass is 32.1. The van der Waals surface area contributed by atoms with Crippen LogP contribution in [0.5, 0.6) is 5.75 Å². The predicted molar refractivity (Wildman–Crippen MR) is 123 cm³/mol. The number of amides is 1. The van der Waals surface area contributed by atoms with E-state index in [4.69, 9.17) is 9.47 Å². The lowest BCUT2D eigenvalue weighted by molar-refractivity contribution is -0.110. The Morgan fingerprint density at radius 3 is 2.70 bits per heavy atom. The number of rotatable bonds is 4. The quantitative estimate of drug-likeness (QED) is 0.584. The minimum atomic E-state index is -0.378. The van der Waals surface area contributed by atoms with Gasteiger partial charge in [0.25, 0.3) is 11.5 Å². The number of carbonyl (C=O) groups excluding carboxylic acids is 2. The number of ether oxygens (including phenoxy) is 2. The Bertz CT molecular complexity index is 1460. The number of hydrogen-bond donors (Lipinski definition) is 1. The zero-order valence-electron chi connectivity index (χ0n) is 18.0. The van der Waals surface area contributed by atoms with Crippen molar-refractivity contribution in [2.75, 3.05) is 30.6 Å². The van der Waals surface area contributed by atoms with Crippen molar-refractivity contribution < 1.29 is 19.1 Å². The van der Waals surface area contributed by atoms with Crippen molar-refractivity contribution in [2.24, 2.45) is 4.99 Å². The number of fused-ring (bicyclic) bond motifs is 2. The van der Waals surface area contributed by atoms with Gasteiger partial charge in [0.1, 0.15) is 23.6 Å². The van der Waals surface area contributed by atoms with E-state index in [0.717, 1.165) is 5.69 Å². The van der Waals surface area contributed by atoms with Crippen LogP contribution in [0, 0.1) is 0 Å². The third-order valence-electron chi connectivity index (χ3n) is 5.49. The van der Waals surface area contributed by atoms with Gasteiger partial charge in [-0.3, -0.25) is 14.2 Å². The molecular weight excluding hydrogens is 444 g/mol. The molecule has 0 bridgehead atoms. The third-order valence-corrected chi connectivity index (χ3v) is 6.61. The smallest absolute Gasteiger partial charge is 0.338 e. The Labute approximate surface area is 192 Å². The van der Waals surface area contributed by atoms with E-state index in [2.05, 4.69) is 10.3 Å². The molecule has 0 saturated carbocycles. The molecule has 0 spiro atoms. The van der Waals surface area contributed by atoms with Crippen LogP contribution in [0.3, 0.4) is 0 Å². The minimum absolute atomic E-state index is 0.271. The number of hydrogen-bond acceptors (Lipinski definition) is 8. The second kappa shape index (κ2) is 8.21. The molecule has 3 heterocycles. The van der Waals surface area contributed by atoms with Crippen LogP contribution in [0.4, 0.5) is 11.4 Å². The number of nitrogens with one attached hydrogen (secondary N) is 1. The predicted octanol–water partition coefficient (Wildman–Crippen LogP) is 1.30. The van der Waals surface area contributed by atoms with Crippen LogP contribution in [0.25, 0.3) is 5.57 Å². The number of nitrogens with zero attached hydrogens (tertiary/aromatic N) is 3. The van der Waals surface area contributed by atoms with E-state index in [1.807, 2.05) is 4.90 Å². The fourth-order valence-corrected chi connectivity index (χ4v) is 4.90. The number of thiazole rings is 1. The highest BCUT2D eigenvalue weighted by Crippen LogP contribution is 2.33. The first-order valence-corrected chi connectivity index (χ1v) is 11.1. The number of benzene rings is 2. The molecule has 2 aromatic carbocycles. The molecule has 0 saturated heterocycles. The van der Waals surface area contributed by atoms with Crippen LogP contribution in [0.2, 0.25) is 0 Å². The molecule has 9 nitrogen and oxygen atoms in total. The van der Waals surface area contributed by atoms with Crippen molar-refractivity contribution >= 4 is 40.2 Å². The average molecular weight is 465 g/mol. The Hall–Kier alpha value is -3.92. The van der Waals surface area contributed by atoms with E-state index in [-0.39, 0.29) is 24.1 Å². The lowest BCUT2D eigenvalue weighted by atomic mass is 10.1. The summed E-state index contributed by atoms with van der Waals surface area (Å²) >= 11 is 1.21. The molecule has 2 aliphatic heterocycles. The van der Waals surface area contributed by atoms with Crippen molar-refractivity contribution in [1.82, 2.24) is 4.57 Å². The van der Waals surface area contributed by atoms with Crippen molar-refractivity contribution in [3.05, 3.63) is 73.3 Å². The summed E-state index contributed by atoms with van der Waals surface area (Å²) in [5, 5.41) is 2.81. The van der Waals surface area contributed by atoms with Gasteiger partial charge in [-0.1, -0.05) is 11.3 Å². The number of carbonyl (C=O) groups is 2. The summed E-state index contributed by atoms with van der Waals surface area (Å²) in [5.41, 5.74) is 2.63. The third kappa shape index (κ3) is 3.58. The standard InChI is InChI=1S/C23H20N4O5S/c1-3-32-22(30)13-4-6-14(7-5-13)26-11-24-23-27(12-26)21(29)19(33-23)18-16-10-15(31-2)8-9-17(16)25-20(18)28/h4-10H,3,11-12H2,1-2H3,(H,25,28)/b19-18-. The molecule has 0 atom stereocenters. The van der Waals surface area contributed by atoms with Gasteiger partial charge in [-0.25, -0.2) is 9.79 Å². The van der Waals surface area contributed by atoms with E-state index in [9.17, 15) is 14.4 Å². The number of anilines is 2. The Morgan fingerprint density at radius 2 is 1.97 bits per heavy atom. The van der Waals surface area contributed by atoms with Gasteiger partial charge in [0.2, 0.25) is 0 Å². The van der Waals surface area contributed by atoms with Crippen molar-refractivity contribution in [3.8, 4) is 5.75 Å². The van der Waals surface area contributed by atoms with Crippen LogP contribution in [-0.2, 0) is 16.2 Å². The minimum Gasteiger partial charge on any atom is -0.497 e. The van der Waals surface area contributed by atoms with Crippen LogP contribution in [0.15, 0.2) is 52.3 Å². The topological polar surface area (TPSA) is 102 Å². The van der Waals surface area contributed by atoms with Crippen LogP contribution >= 0.6 is 11.3 Å². The molecule has 33 heavy (non-hydrogen) atoms. The van der Waals surface area contributed by atoms with Gasteiger partial charge in [-0.2, -0.15) is 0 Å². The average Bonchev–Trinajstić information content (AvgIpc) is 3.33. The molecule has 3 aromatic rings. The molecule has 0 fully saturated rings. The molecule has 0 unspecified atom stereocenters. The number of esters is 1. The fourth-order valence-electron chi connectivity index (χ4n) is 3.85. The molecule has 2 aliphatic rings. The number of aromatic nitrogens is 1. The summed E-state index contributed by atoms with van der Waals surface area (Å²) < 4.78 is 12.2. The van der Waals surface area contributed by atoms with Gasteiger partial charge in [0.15, 0.2) is 4.80 Å². The van der Waals surface area contributed by atoms with Crippen LogP contribution in [0.1, 0.15) is 22.8 Å². The van der Waals surface area contributed by atoms with E-state index in [1.165, 1.54) is 11.3 Å². The molecule has 10 heteroatoms. The highest BCUT2D eigenvalue weighted by molar-refractivity contribution is 7.07. The molecule has 0 aliphatic carbocycles. The van der Waals surface area contributed by atoms with Gasteiger partial charge in [0, 0.05) is 16.9 Å². The molecule has 0 radical (unpaired) electrons. The van der Waals surface area contributed by atoms with Crippen LogP contribution < -0.4 is 29.8 Å². The maximum atomic E-state index is 13.3. The summed E-state index contributed by atoms with van der Waals surface area (Å²) in [7, 11) is 1.55. The van der Waals surface area contributed by atoms with E-state index in [0.29, 0.717) is 50.7 Å². The van der Waals surface area contributed by atoms with Gasteiger partial charge in [0.05, 0.1) is 24.9 Å². The first-order chi connectivity index (χ1) is 16.0. The molecule has 1 amide bonds. The Kier molecular flexibility index (Phi) is 5.21. The summed E-state index contributed by atoms with van der Waals surface area (Å²) in [6, 6.07) is 12.2. The summed E-state index contributed by atoms with van der Waals surface area (Å²) in [4.78, 5) is 44.9. The number of methoxy groups -OCH3 is 1. The fraction of sp³-hybridized carbons (Fsp3) is 0.217. The zero-order valence-corrected chi connectivity index (χ0v) is 18.8. The highest BCUT2D eigenvalue weighted by Gasteiger charge is 2.28. The van der Waals surface area contributed by atoms with Gasteiger partial charge >= 0.3 is 5.97 Å². The maximum Gasteiger partial charge on any atom is 0.338 e. The van der Waals surface area contributed by atoms with Crippen molar-refractivity contribution in [3.63, 3.8) is 0 Å². The van der Waals surface area contributed by atoms with Crippen LogP contribution in [-0.4, -0.2) is 36.8 Å². The zero-order chi connectivity index (χ0) is 23.1. The normalized spacial score (nSPS) is 15.9. The largest absolute Gasteiger partial charge is 0.497 e. The van der Waals surface area contributed by atoms with E-state index in [1.54, 1.807) is 61.1 Å². The van der Waals surface area contributed by atoms with Gasteiger partial charge in [-0.05, 0) is 49.4 Å².